The number of nitrogens with one attached hydrogen (secondary N) is 1. The summed E-state index contributed by atoms with van der Waals surface area (Å²) in [5, 5.41) is 8.47. The van der Waals surface area contributed by atoms with Crippen LogP contribution in [0.3, 0.4) is 0 Å². The molecular weight excluding hydrogens is 486 g/mol. The van der Waals surface area contributed by atoms with Crippen LogP contribution in [0.25, 0.3) is 28.1 Å². The quantitative estimate of drug-likeness (QED) is 0.157. The van der Waals surface area contributed by atoms with Crippen molar-refractivity contribution in [1.82, 2.24) is 10.2 Å². The fraction of sp³-hybridized carbons (Fsp3) is 0.143. The lowest BCUT2D eigenvalue weighted by molar-refractivity contribution is -0.137. The number of benzene rings is 3. The smallest absolute Gasteiger partial charge is 0.330 e. The number of hydrogen-bond donors (Lipinski definition) is 1. The Morgan fingerprint density at radius 2 is 1.80 bits per heavy atom. The third-order valence-electron chi connectivity index (χ3n) is 5.54. The van der Waals surface area contributed by atoms with E-state index in [1.165, 1.54) is 18.2 Å². The van der Waals surface area contributed by atoms with Crippen LogP contribution in [0.4, 0.5) is 4.39 Å². The molecule has 0 aliphatic rings. The van der Waals surface area contributed by atoms with Crippen molar-refractivity contribution < 1.29 is 13.9 Å². The number of ether oxygens (including phenoxy) is 1. The Labute approximate surface area is 214 Å². The number of esters is 1. The van der Waals surface area contributed by atoms with Crippen molar-refractivity contribution in [3.63, 3.8) is 0 Å². The summed E-state index contributed by atoms with van der Waals surface area (Å²) in [4.78, 5) is 11.6. The van der Waals surface area contributed by atoms with Crippen LogP contribution >= 0.6 is 24.0 Å². The monoisotopic (exact) mass is 510 g/mol. The Morgan fingerprint density at radius 1 is 1.06 bits per heavy atom. The molecule has 180 valence electrons. The minimum atomic E-state index is -0.375. The molecule has 1 N–H and O–H groups in total. The van der Waals surface area contributed by atoms with Crippen molar-refractivity contribution in [3.8, 4) is 0 Å². The number of H-pyrrole nitrogens is 1. The summed E-state index contributed by atoms with van der Waals surface area (Å²) >= 11 is 6.48. The summed E-state index contributed by atoms with van der Waals surface area (Å²) in [6.45, 7) is 4.17. The molecule has 0 spiro atoms. The first-order chi connectivity index (χ1) is 16.5. The zero-order valence-electron chi connectivity index (χ0n) is 19.3. The van der Waals surface area contributed by atoms with Crippen LogP contribution in [0.1, 0.15) is 42.5 Å². The van der Waals surface area contributed by atoms with Crippen LogP contribution in [0.5, 0.6) is 0 Å². The highest BCUT2D eigenvalue weighted by atomic mass is 35.5. The highest BCUT2D eigenvalue weighted by Crippen LogP contribution is 2.38. The highest BCUT2D eigenvalue weighted by Gasteiger charge is 2.16. The van der Waals surface area contributed by atoms with E-state index in [0.29, 0.717) is 18.1 Å². The van der Waals surface area contributed by atoms with E-state index in [1.54, 1.807) is 25.3 Å². The first-order valence-electron chi connectivity index (χ1n) is 11.1. The zero-order chi connectivity index (χ0) is 24.1. The molecule has 0 saturated carbocycles. The Bertz CT molecular complexity index is 1390. The van der Waals surface area contributed by atoms with E-state index in [4.69, 9.17) is 16.3 Å². The zero-order valence-corrected chi connectivity index (χ0v) is 20.9. The van der Waals surface area contributed by atoms with Gasteiger partial charge < -0.3 is 4.74 Å². The van der Waals surface area contributed by atoms with Crippen molar-refractivity contribution in [3.05, 3.63) is 106 Å². The van der Waals surface area contributed by atoms with Gasteiger partial charge in [0.05, 0.1) is 23.3 Å². The van der Waals surface area contributed by atoms with Gasteiger partial charge in [0.2, 0.25) is 0 Å². The summed E-state index contributed by atoms with van der Waals surface area (Å²) in [5.41, 5.74) is 6.59. The first kappa shape index (κ1) is 26.2. The van der Waals surface area contributed by atoms with E-state index < -0.39 is 0 Å². The van der Waals surface area contributed by atoms with E-state index in [-0.39, 0.29) is 24.2 Å². The van der Waals surface area contributed by atoms with E-state index >= 15 is 0 Å². The van der Waals surface area contributed by atoms with Crippen LogP contribution in [0, 0.1) is 5.82 Å². The summed E-state index contributed by atoms with van der Waals surface area (Å²) < 4.78 is 18.7. The van der Waals surface area contributed by atoms with Gasteiger partial charge in [-0.3, -0.25) is 5.10 Å². The molecule has 4 rings (SSSR count). The number of rotatable bonds is 7. The third kappa shape index (κ3) is 5.99. The van der Waals surface area contributed by atoms with Gasteiger partial charge in [-0.05, 0) is 77.1 Å². The van der Waals surface area contributed by atoms with Crippen LogP contribution < -0.4 is 0 Å². The molecular formula is C28H25Cl2FN2O2. The average Bonchev–Trinajstić information content (AvgIpc) is 3.30. The molecule has 0 fully saturated rings. The van der Waals surface area contributed by atoms with Crippen molar-refractivity contribution >= 4 is 58.1 Å². The SMILES string of the molecule is CCOC(=O)C=Cc1ccc(/C(=C(/CC)c2ccc(F)cc2Cl)c2ccc3[nH]ncc3c2)cc1.Cl. The van der Waals surface area contributed by atoms with Crippen LogP contribution in [0.2, 0.25) is 5.02 Å². The molecule has 0 amide bonds. The van der Waals surface area contributed by atoms with E-state index in [0.717, 1.165) is 44.3 Å². The van der Waals surface area contributed by atoms with Gasteiger partial charge in [0.25, 0.3) is 0 Å². The number of hydrogen-bond acceptors (Lipinski definition) is 3. The summed E-state index contributed by atoms with van der Waals surface area (Å²) in [6, 6.07) is 18.5. The molecule has 35 heavy (non-hydrogen) atoms. The van der Waals surface area contributed by atoms with Crippen molar-refractivity contribution in [2.75, 3.05) is 6.61 Å². The van der Waals surface area contributed by atoms with Gasteiger partial charge >= 0.3 is 5.97 Å². The predicted molar refractivity (Wildman–Crippen MR) is 143 cm³/mol. The molecule has 0 unspecified atom stereocenters. The molecule has 7 heteroatoms. The molecule has 0 bridgehead atoms. The third-order valence-corrected chi connectivity index (χ3v) is 5.85. The largest absolute Gasteiger partial charge is 0.463 e. The van der Waals surface area contributed by atoms with Crippen molar-refractivity contribution in [2.24, 2.45) is 0 Å². The second kappa shape index (κ2) is 11.8. The van der Waals surface area contributed by atoms with Gasteiger partial charge in [0, 0.05) is 11.5 Å². The number of allylic oxidation sites excluding steroid dienone is 1. The molecule has 0 atom stereocenters. The van der Waals surface area contributed by atoms with Gasteiger partial charge in [-0.15, -0.1) is 12.4 Å². The maximum atomic E-state index is 13.8. The molecule has 1 heterocycles. The molecule has 3 aromatic carbocycles. The molecule has 4 aromatic rings. The Kier molecular flexibility index (Phi) is 8.85. The van der Waals surface area contributed by atoms with E-state index in [9.17, 15) is 9.18 Å². The van der Waals surface area contributed by atoms with E-state index in [1.807, 2.05) is 36.4 Å². The standard InChI is InChI=1S/C28H24ClFN2O2.ClH/c1-3-23(24-12-11-22(30)16-25(24)29)28(20-10-13-26-21(15-20)17-31-32-26)19-8-5-18(6-9-19)7-14-27(33)34-4-2;/h5-17H,3-4H2,1-2H3,(H,31,32);1H/b14-7?,28-23+;. The van der Waals surface area contributed by atoms with Gasteiger partial charge in [-0.25, -0.2) is 9.18 Å². The topological polar surface area (TPSA) is 55.0 Å². The number of aromatic amines is 1. The maximum absolute atomic E-state index is 13.8. The van der Waals surface area contributed by atoms with Gasteiger partial charge in [0.1, 0.15) is 5.82 Å². The Morgan fingerprint density at radius 3 is 2.49 bits per heavy atom. The molecule has 0 saturated heterocycles. The lowest BCUT2D eigenvalue weighted by atomic mass is 9.87. The normalized spacial score (nSPS) is 11.9. The Hall–Kier alpha value is -3.41. The van der Waals surface area contributed by atoms with Crippen molar-refractivity contribution in [2.45, 2.75) is 20.3 Å². The molecule has 4 nitrogen and oxygen atoms in total. The number of halogens is 3. The fourth-order valence-corrected chi connectivity index (χ4v) is 4.25. The van der Waals surface area contributed by atoms with Crippen LogP contribution in [-0.2, 0) is 9.53 Å². The number of nitrogens with zero attached hydrogens (tertiary/aromatic N) is 1. The fourth-order valence-electron chi connectivity index (χ4n) is 3.96. The second-order valence-electron chi connectivity index (χ2n) is 7.71. The summed E-state index contributed by atoms with van der Waals surface area (Å²) in [7, 11) is 0. The maximum Gasteiger partial charge on any atom is 0.330 e. The Balaban J connectivity index is 0.00000342. The van der Waals surface area contributed by atoms with Gasteiger partial charge in [-0.1, -0.05) is 54.9 Å². The minimum absolute atomic E-state index is 0. The molecule has 1 aromatic heterocycles. The van der Waals surface area contributed by atoms with E-state index in [2.05, 4.69) is 23.2 Å². The number of aromatic nitrogens is 2. The van der Waals surface area contributed by atoms with Gasteiger partial charge in [0.15, 0.2) is 0 Å². The minimum Gasteiger partial charge on any atom is -0.463 e. The highest BCUT2D eigenvalue weighted by molar-refractivity contribution is 6.32. The van der Waals surface area contributed by atoms with Crippen LogP contribution in [0.15, 0.2) is 72.9 Å². The second-order valence-corrected chi connectivity index (χ2v) is 8.12. The number of carbonyl (C=O) groups is 1. The van der Waals surface area contributed by atoms with Gasteiger partial charge in [-0.2, -0.15) is 5.10 Å². The van der Waals surface area contributed by atoms with Crippen molar-refractivity contribution in [1.29, 1.82) is 0 Å². The lowest BCUT2D eigenvalue weighted by Gasteiger charge is -2.18. The number of carbonyl (C=O) groups excluding carboxylic acids is 1. The first-order valence-corrected chi connectivity index (χ1v) is 11.4. The molecule has 0 aliphatic heterocycles. The number of fused-ring (bicyclic) bond motifs is 1. The van der Waals surface area contributed by atoms with Crippen LogP contribution in [-0.4, -0.2) is 22.8 Å². The summed E-state index contributed by atoms with van der Waals surface area (Å²) in [5.74, 6) is -0.747. The lowest BCUT2D eigenvalue weighted by Crippen LogP contribution is -1.98. The average molecular weight is 511 g/mol. The molecule has 0 radical (unpaired) electrons. The summed E-state index contributed by atoms with van der Waals surface area (Å²) in [6.07, 6.45) is 5.61. The molecule has 0 aliphatic carbocycles. The predicted octanol–water partition coefficient (Wildman–Crippen LogP) is 7.72.